The summed E-state index contributed by atoms with van der Waals surface area (Å²) in [6, 6.07) is 26.4. The van der Waals surface area contributed by atoms with Crippen LogP contribution in [0.25, 0.3) is 10.9 Å². The molecule has 1 aliphatic heterocycles. The maximum absolute atomic E-state index is 13.5. The molecule has 0 radical (unpaired) electrons. The fraction of sp³-hybridized carbons (Fsp3) is 0.148. The first-order chi connectivity index (χ1) is 16.6. The number of carbonyl (C=O) groups is 2. The third kappa shape index (κ3) is 4.43. The molecule has 34 heavy (non-hydrogen) atoms. The molecule has 1 aromatic heterocycles. The lowest BCUT2D eigenvalue weighted by Gasteiger charge is -2.24. The van der Waals surface area contributed by atoms with Crippen LogP contribution in [0.4, 0.5) is 11.4 Å². The Morgan fingerprint density at radius 1 is 0.971 bits per heavy atom. The molecule has 2 amide bonds. The average molecular weight is 469 g/mol. The molecule has 0 bridgehead atoms. The molecule has 0 aliphatic carbocycles. The number of hydrogen-bond donors (Lipinski definition) is 2. The molecule has 170 valence electrons. The van der Waals surface area contributed by atoms with Crippen LogP contribution in [-0.2, 0) is 16.0 Å². The van der Waals surface area contributed by atoms with E-state index in [9.17, 15) is 9.59 Å². The van der Waals surface area contributed by atoms with E-state index < -0.39 is 6.04 Å². The summed E-state index contributed by atoms with van der Waals surface area (Å²) in [6.07, 6.45) is 2.59. The van der Waals surface area contributed by atoms with Crippen LogP contribution in [0.5, 0.6) is 0 Å². The predicted molar refractivity (Wildman–Crippen MR) is 139 cm³/mol. The highest BCUT2D eigenvalue weighted by Gasteiger charge is 2.43. The average Bonchev–Trinajstić information content (AvgIpc) is 3.41. The molecule has 2 heterocycles. The molecule has 0 spiro atoms. The Morgan fingerprint density at radius 3 is 2.47 bits per heavy atom. The SMILES string of the molecule is O=C(CC1C(=O)N(c2ccccc2)C(=S)N1CCc1ccccc1)Nc1ccc2cc[nH]c2c1. The maximum atomic E-state index is 13.5. The zero-order valence-corrected chi connectivity index (χ0v) is 19.3. The van der Waals surface area contributed by atoms with E-state index >= 15 is 0 Å². The van der Waals surface area contributed by atoms with Crippen LogP contribution in [0.15, 0.2) is 91.1 Å². The number of fused-ring (bicyclic) bond motifs is 1. The van der Waals surface area contributed by atoms with E-state index in [0.717, 1.165) is 22.9 Å². The van der Waals surface area contributed by atoms with Gasteiger partial charge in [0.2, 0.25) is 5.91 Å². The van der Waals surface area contributed by atoms with Gasteiger partial charge in [0.05, 0.1) is 12.1 Å². The van der Waals surface area contributed by atoms with Gasteiger partial charge in [-0.2, -0.15) is 0 Å². The molecule has 1 atom stereocenters. The number of aromatic nitrogens is 1. The largest absolute Gasteiger partial charge is 0.361 e. The Labute approximate surface area is 203 Å². The lowest BCUT2D eigenvalue weighted by molar-refractivity contribution is -0.124. The first kappa shape index (κ1) is 21.9. The lowest BCUT2D eigenvalue weighted by atomic mass is 10.1. The fourth-order valence-corrected chi connectivity index (χ4v) is 4.72. The molecule has 1 fully saturated rings. The molecular weight excluding hydrogens is 444 g/mol. The third-order valence-electron chi connectivity index (χ3n) is 6.03. The summed E-state index contributed by atoms with van der Waals surface area (Å²) in [5, 5.41) is 4.43. The van der Waals surface area contributed by atoms with Crippen LogP contribution >= 0.6 is 12.2 Å². The molecule has 4 aromatic rings. The highest BCUT2D eigenvalue weighted by atomic mass is 32.1. The van der Waals surface area contributed by atoms with Gasteiger partial charge in [-0.05, 0) is 59.9 Å². The predicted octanol–water partition coefficient (Wildman–Crippen LogP) is 4.74. The van der Waals surface area contributed by atoms with E-state index in [0.29, 0.717) is 23.0 Å². The maximum Gasteiger partial charge on any atom is 0.256 e. The molecule has 1 saturated heterocycles. The monoisotopic (exact) mass is 468 g/mol. The number of aromatic amines is 1. The Hall–Kier alpha value is -3.97. The van der Waals surface area contributed by atoms with E-state index in [-0.39, 0.29) is 18.2 Å². The van der Waals surface area contributed by atoms with E-state index in [1.165, 1.54) is 0 Å². The Kier molecular flexibility index (Phi) is 6.10. The molecule has 7 heteroatoms. The minimum absolute atomic E-state index is 0.0137. The lowest BCUT2D eigenvalue weighted by Crippen LogP contribution is -2.39. The smallest absolute Gasteiger partial charge is 0.256 e. The van der Waals surface area contributed by atoms with E-state index in [1.807, 2.05) is 96.0 Å². The Morgan fingerprint density at radius 2 is 1.71 bits per heavy atom. The standard InChI is InChI=1S/C27H24N4O2S/c32-25(29-21-12-11-20-13-15-28-23(20)17-21)18-24-26(33)31(22-9-5-2-6-10-22)27(34)30(24)16-14-19-7-3-1-4-8-19/h1-13,15,17,24,28H,14,16,18H2,(H,29,32). The Balaban J connectivity index is 1.36. The summed E-state index contributed by atoms with van der Waals surface area (Å²) in [4.78, 5) is 33.0. The number of nitrogens with zero attached hydrogens (tertiary/aromatic N) is 2. The van der Waals surface area contributed by atoms with E-state index in [4.69, 9.17) is 12.2 Å². The van der Waals surface area contributed by atoms with E-state index in [1.54, 1.807) is 4.90 Å². The van der Waals surface area contributed by atoms with Crippen LogP contribution in [-0.4, -0.2) is 39.4 Å². The molecule has 1 aliphatic rings. The molecule has 3 aromatic carbocycles. The van der Waals surface area contributed by atoms with Crippen molar-refractivity contribution in [1.29, 1.82) is 0 Å². The van der Waals surface area contributed by atoms with Gasteiger partial charge in [-0.1, -0.05) is 54.6 Å². The number of benzene rings is 3. The number of carbonyl (C=O) groups excluding carboxylic acids is 2. The van der Waals surface area contributed by atoms with Gasteiger partial charge in [-0.25, -0.2) is 0 Å². The molecule has 1 unspecified atom stereocenters. The van der Waals surface area contributed by atoms with Crippen LogP contribution in [0.2, 0.25) is 0 Å². The normalized spacial score (nSPS) is 15.8. The van der Waals surface area contributed by atoms with Gasteiger partial charge in [-0.3, -0.25) is 14.5 Å². The molecular formula is C27H24N4O2S. The quantitative estimate of drug-likeness (QED) is 0.385. The van der Waals surface area contributed by atoms with E-state index in [2.05, 4.69) is 10.3 Å². The van der Waals surface area contributed by atoms with Gasteiger partial charge in [0, 0.05) is 23.9 Å². The van der Waals surface area contributed by atoms with Gasteiger partial charge in [0.25, 0.3) is 5.91 Å². The van der Waals surface area contributed by atoms with Crippen molar-refractivity contribution >= 4 is 51.4 Å². The van der Waals surface area contributed by atoms with Crippen molar-refractivity contribution < 1.29 is 9.59 Å². The van der Waals surface area contributed by atoms with Crippen molar-refractivity contribution in [3.63, 3.8) is 0 Å². The molecule has 2 N–H and O–H groups in total. The van der Waals surface area contributed by atoms with Crippen molar-refractivity contribution in [2.24, 2.45) is 0 Å². The van der Waals surface area contributed by atoms with Gasteiger partial charge in [0.1, 0.15) is 6.04 Å². The number of rotatable bonds is 7. The second-order valence-electron chi connectivity index (χ2n) is 8.27. The molecule has 5 rings (SSSR count). The minimum atomic E-state index is -0.661. The third-order valence-corrected chi connectivity index (χ3v) is 6.45. The first-order valence-corrected chi connectivity index (χ1v) is 11.6. The topological polar surface area (TPSA) is 68.4 Å². The molecule has 0 saturated carbocycles. The minimum Gasteiger partial charge on any atom is -0.361 e. The number of H-pyrrole nitrogens is 1. The number of nitrogens with one attached hydrogen (secondary N) is 2. The summed E-state index contributed by atoms with van der Waals surface area (Å²) < 4.78 is 0. The van der Waals surface area contributed by atoms with Crippen molar-refractivity contribution in [3.05, 3.63) is 96.7 Å². The van der Waals surface area contributed by atoms with Crippen LogP contribution < -0.4 is 10.2 Å². The number of amides is 2. The van der Waals surface area contributed by atoms with Crippen molar-refractivity contribution in [2.75, 3.05) is 16.8 Å². The number of thiocarbonyl (C=S) groups is 1. The number of hydrogen-bond acceptors (Lipinski definition) is 3. The second kappa shape index (κ2) is 9.49. The summed E-state index contributed by atoms with van der Waals surface area (Å²) in [7, 11) is 0. The first-order valence-electron chi connectivity index (χ1n) is 11.2. The molecule has 6 nitrogen and oxygen atoms in total. The van der Waals surface area contributed by atoms with Gasteiger partial charge >= 0.3 is 0 Å². The second-order valence-corrected chi connectivity index (χ2v) is 8.63. The van der Waals surface area contributed by atoms with Gasteiger partial charge in [-0.15, -0.1) is 0 Å². The van der Waals surface area contributed by atoms with Crippen molar-refractivity contribution in [3.8, 4) is 0 Å². The summed E-state index contributed by atoms with van der Waals surface area (Å²) in [5.74, 6) is -0.411. The van der Waals surface area contributed by atoms with Crippen molar-refractivity contribution in [1.82, 2.24) is 9.88 Å². The van der Waals surface area contributed by atoms with Gasteiger partial charge in [0.15, 0.2) is 5.11 Å². The highest BCUT2D eigenvalue weighted by Crippen LogP contribution is 2.28. The summed E-state index contributed by atoms with van der Waals surface area (Å²) >= 11 is 5.73. The summed E-state index contributed by atoms with van der Waals surface area (Å²) in [6.45, 7) is 0.546. The summed E-state index contributed by atoms with van der Waals surface area (Å²) in [5.41, 5.74) is 3.49. The number of para-hydroxylation sites is 1. The van der Waals surface area contributed by atoms with Crippen LogP contribution in [0, 0.1) is 0 Å². The zero-order valence-electron chi connectivity index (χ0n) is 18.5. The van der Waals surface area contributed by atoms with Crippen LogP contribution in [0.3, 0.4) is 0 Å². The Bertz CT molecular complexity index is 1340. The fourth-order valence-electron chi connectivity index (χ4n) is 4.31. The van der Waals surface area contributed by atoms with Crippen molar-refractivity contribution in [2.45, 2.75) is 18.9 Å². The van der Waals surface area contributed by atoms with Crippen LogP contribution in [0.1, 0.15) is 12.0 Å². The zero-order chi connectivity index (χ0) is 23.5. The van der Waals surface area contributed by atoms with Gasteiger partial charge < -0.3 is 15.2 Å². The number of anilines is 2. The highest BCUT2D eigenvalue weighted by molar-refractivity contribution is 7.80.